The molecule has 8 nitrogen and oxygen atoms in total. The first-order valence-electron chi connectivity index (χ1n) is 7.20. The van der Waals surface area contributed by atoms with Gasteiger partial charge in [-0.25, -0.2) is 4.79 Å². The maximum Gasteiger partial charge on any atom is 0.325 e. The number of nitrogens with zero attached hydrogens (tertiary/aromatic N) is 4. The summed E-state index contributed by atoms with van der Waals surface area (Å²) in [7, 11) is 0. The zero-order chi connectivity index (χ0) is 16.8. The fourth-order valence-electron chi connectivity index (χ4n) is 1.99. The molecule has 2 N–H and O–H groups in total. The topological polar surface area (TPSA) is 102 Å². The van der Waals surface area contributed by atoms with E-state index in [-0.39, 0.29) is 6.54 Å². The number of para-hydroxylation sites is 1. The number of anilines is 1. The molecular weight excluding hydrogens is 308 g/mol. The Labute approximate surface area is 137 Å². The van der Waals surface area contributed by atoms with Crippen LogP contribution in [0.1, 0.15) is 0 Å². The van der Waals surface area contributed by atoms with Crippen molar-refractivity contribution in [3.05, 3.63) is 60.7 Å². The number of benzene rings is 2. The van der Waals surface area contributed by atoms with Crippen LogP contribution in [0.2, 0.25) is 0 Å². The van der Waals surface area contributed by atoms with Crippen LogP contribution in [0.4, 0.5) is 10.5 Å². The van der Waals surface area contributed by atoms with E-state index in [4.69, 9.17) is 0 Å². The first-order chi connectivity index (χ1) is 11.7. The summed E-state index contributed by atoms with van der Waals surface area (Å²) in [6.45, 7) is -0.206. The highest BCUT2D eigenvalue weighted by Gasteiger charge is 2.11. The zero-order valence-corrected chi connectivity index (χ0v) is 12.6. The second kappa shape index (κ2) is 7.14. The Morgan fingerprint density at radius 3 is 2.33 bits per heavy atom. The number of imide groups is 1. The third-order valence-electron chi connectivity index (χ3n) is 3.05. The summed E-state index contributed by atoms with van der Waals surface area (Å²) in [6, 6.07) is 17.5. The van der Waals surface area contributed by atoms with Gasteiger partial charge < -0.3 is 5.32 Å². The quantitative estimate of drug-likeness (QED) is 0.761. The molecule has 0 aliphatic rings. The highest BCUT2D eigenvalue weighted by Crippen LogP contribution is 2.11. The second-order valence-electron chi connectivity index (χ2n) is 4.88. The van der Waals surface area contributed by atoms with Crippen LogP contribution in [0.5, 0.6) is 0 Å². The van der Waals surface area contributed by atoms with Gasteiger partial charge in [0.25, 0.3) is 5.91 Å². The highest BCUT2D eigenvalue weighted by molar-refractivity contribution is 6.00. The predicted molar refractivity (Wildman–Crippen MR) is 86.9 cm³/mol. The number of urea groups is 1. The molecule has 8 heteroatoms. The Balaban J connectivity index is 1.55. The minimum atomic E-state index is -0.616. The molecule has 3 rings (SSSR count). The van der Waals surface area contributed by atoms with Gasteiger partial charge in [0.2, 0.25) is 5.82 Å². The van der Waals surface area contributed by atoms with Crippen molar-refractivity contribution in [2.24, 2.45) is 0 Å². The first-order valence-corrected chi connectivity index (χ1v) is 7.20. The molecule has 3 aromatic rings. The molecule has 0 aliphatic heterocycles. The Bertz CT molecular complexity index is 832. The molecule has 0 fully saturated rings. The van der Waals surface area contributed by atoms with Crippen LogP contribution in [0.3, 0.4) is 0 Å². The zero-order valence-electron chi connectivity index (χ0n) is 12.6. The monoisotopic (exact) mass is 322 g/mol. The molecule has 0 saturated carbocycles. The molecule has 1 aromatic heterocycles. The summed E-state index contributed by atoms with van der Waals surface area (Å²) in [6.07, 6.45) is 0. The van der Waals surface area contributed by atoms with Gasteiger partial charge in [0.15, 0.2) is 0 Å². The molecule has 0 spiro atoms. The molecule has 120 valence electrons. The third kappa shape index (κ3) is 4.01. The summed E-state index contributed by atoms with van der Waals surface area (Å²) >= 11 is 0. The average molecular weight is 322 g/mol. The summed E-state index contributed by atoms with van der Waals surface area (Å²) in [5, 5.41) is 16.6. The lowest BCUT2D eigenvalue weighted by molar-refractivity contribution is -0.120. The van der Waals surface area contributed by atoms with E-state index in [1.165, 1.54) is 0 Å². The molecular formula is C16H14N6O2. The van der Waals surface area contributed by atoms with Crippen LogP contribution >= 0.6 is 0 Å². The van der Waals surface area contributed by atoms with Gasteiger partial charge >= 0.3 is 6.03 Å². The fourth-order valence-corrected chi connectivity index (χ4v) is 1.99. The lowest BCUT2D eigenvalue weighted by Gasteiger charge is -2.05. The maximum absolute atomic E-state index is 11.9. The Hall–Kier alpha value is -3.55. The molecule has 0 saturated heterocycles. The standard InChI is InChI=1S/C16H14N6O2/c23-14(18-16(24)17-13-9-5-2-6-10-13)11-22-20-15(19-21-22)12-7-3-1-4-8-12/h1-10H,11H2,(H2,17,18,23,24). The van der Waals surface area contributed by atoms with Gasteiger partial charge in [-0.2, -0.15) is 4.80 Å². The van der Waals surface area contributed by atoms with Crippen molar-refractivity contribution in [2.75, 3.05) is 5.32 Å². The van der Waals surface area contributed by atoms with E-state index in [9.17, 15) is 9.59 Å². The van der Waals surface area contributed by atoms with Gasteiger partial charge in [0.05, 0.1) is 0 Å². The third-order valence-corrected chi connectivity index (χ3v) is 3.05. The van der Waals surface area contributed by atoms with E-state index in [1.807, 2.05) is 36.4 Å². The van der Waals surface area contributed by atoms with Crippen LogP contribution in [-0.2, 0) is 11.3 Å². The van der Waals surface area contributed by atoms with Crippen molar-refractivity contribution < 1.29 is 9.59 Å². The van der Waals surface area contributed by atoms with Crippen LogP contribution in [-0.4, -0.2) is 32.1 Å². The van der Waals surface area contributed by atoms with Crippen molar-refractivity contribution in [1.29, 1.82) is 0 Å². The number of hydrogen-bond donors (Lipinski definition) is 2. The molecule has 1 heterocycles. The number of tetrazole rings is 1. The minimum Gasteiger partial charge on any atom is -0.308 e. The van der Waals surface area contributed by atoms with Crippen molar-refractivity contribution in [3.8, 4) is 11.4 Å². The van der Waals surface area contributed by atoms with Crippen molar-refractivity contribution in [2.45, 2.75) is 6.54 Å². The van der Waals surface area contributed by atoms with E-state index < -0.39 is 11.9 Å². The van der Waals surface area contributed by atoms with Gasteiger partial charge in [-0.15, -0.1) is 10.2 Å². The Morgan fingerprint density at radius 1 is 0.958 bits per heavy atom. The van der Waals surface area contributed by atoms with Crippen LogP contribution in [0.15, 0.2) is 60.7 Å². The SMILES string of the molecule is O=C(Cn1nnc(-c2ccccc2)n1)NC(=O)Nc1ccccc1. The van der Waals surface area contributed by atoms with E-state index in [2.05, 4.69) is 26.0 Å². The van der Waals surface area contributed by atoms with Gasteiger partial charge in [-0.05, 0) is 17.3 Å². The molecule has 3 amide bonds. The van der Waals surface area contributed by atoms with Crippen molar-refractivity contribution in [1.82, 2.24) is 25.5 Å². The summed E-state index contributed by atoms with van der Waals surface area (Å²) in [5.74, 6) is -0.127. The normalized spacial score (nSPS) is 10.2. The largest absolute Gasteiger partial charge is 0.325 e. The lowest BCUT2D eigenvalue weighted by Crippen LogP contribution is -2.37. The number of carbonyl (C=O) groups is 2. The van der Waals surface area contributed by atoms with Crippen LogP contribution in [0, 0.1) is 0 Å². The minimum absolute atomic E-state index is 0.206. The number of hydrogen-bond acceptors (Lipinski definition) is 5. The van der Waals surface area contributed by atoms with E-state index in [1.54, 1.807) is 24.3 Å². The summed E-state index contributed by atoms with van der Waals surface area (Å²) in [5.41, 5.74) is 1.39. The molecule has 0 bridgehead atoms. The molecule has 0 unspecified atom stereocenters. The molecule has 0 atom stereocenters. The van der Waals surface area contributed by atoms with Crippen LogP contribution in [0.25, 0.3) is 11.4 Å². The highest BCUT2D eigenvalue weighted by atomic mass is 16.2. The van der Waals surface area contributed by atoms with Crippen molar-refractivity contribution >= 4 is 17.6 Å². The molecule has 24 heavy (non-hydrogen) atoms. The molecule has 0 aliphatic carbocycles. The van der Waals surface area contributed by atoms with Gasteiger partial charge in [-0.1, -0.05) is 48.5 Å². The number of nitrogens with one attached hydrogen (secondary N) is 2. The fraction of sp³-hybridized carbons (Fsp3) is 0.0625. The Kier molecular flexibility index (Phi) is 4.57. The first kappa shape index (κ1) is 15.3. The number of rotatable bonds is 4. The van der Waals surface area contributed by atoms with E-state index >= 15 is 0 Å². The number of carbonyl (C=O) groups excluding carboxylic acids is 2. The van der Waals surface area contributed by atoms with Crippen LogP contribution < -0.4 is 10.6 Å². The van der Waals surface area contributed by atoms with Gasteiger partial charge in [0, 0.05) is 11.3 Å². The lowest BCUT2D eigenvalue weighted by atomic mass is 10.2. The van der Waals surface area contributed by atoms with E-state index in [0.29, 0.717) is 11.5 Å². The second-order valence-corrected chi connectivity index (χ2v) is 4.88. The van der Waals surface area contributed by atoms with E-state index in [0.717, 1.165) is 10.4 Å². The predicted octanol–water partition coefficient (Wildman–Crippen LogP) is 1.69. The number of aromatic nitrogens is 4. The van der Waals surface area contributed by atoms with Gasteiger partial charge in [-0.3, -0.25) is 10.1 Å². The average Bonchev–Trinajstić information content (AvgIpc) is 3.04. The molecule has 2 aromatic carbocycles. The summed E-state index contributed by atoms with van der Waals surface area (Å²) < 4.78 is 0. The van der Waals surface area contributed by atoms with Gasteiger partial charge in [0.1, 0.15) is 6.54 Å². The molecule has 0 radical (unpaired) electrons. The summed E-state index contributed by atoms with van der Waals surface area (Å²) in [4.78, 5) is 24.7. The number of amides is 3. The smallest absolute Gasteiger partial charge is 0.308 e. The maximum atomic E-state index is 11.9. The van der Waals surface area contributed by atoms with Crippen molar-refractivity contribution in [3.63, 3.8) is 0 Å². The Morgan fingerprint density at radius 2 is 1.62 bits per heavy atom.